The van der Waals surface area contributed by atoms with E-state index in [9.17, 15) is 5.26 Å². The highest BCUT2D eigenvalue weighted by Crippen LogP contribution is 2.37. The van der Waals surface area contributed by atoms with Crippen LogP contribution in [0.2, 0.25) is 0 Å². The lowest BCUT2D eigenvalue weighted by Crippen LogP contribution is -1.96. The fraction of sp³-hybridized carbons (Fsp3) is 0. The molecule has 4 heteroatoms. The number of fused-ring (bicyclic) bond motifs is 6. The zero-order valence-corrected chi connectivity index (χ0v) is 20.2. The van der Waals surface area contributed by atoms with E-state index in [0.29, 0.717) is 5.56 Å². The molecule has 0 atom stereocenters. The zero-order chi connectivity index (χ0) is 23.5. The Morgan fingerprint density at radius 1 is 0.514 bits per heavy atom. The third-order valence-electron chi connectivity index (χ3n) is 6.76. The van der Waals surface area contributed by atoms with Crippen LogP contribution in [0.3, 0.4) is 0 Å². The normalized spacial score (nSPS) is 11.5. The highest BCUT2D eigenvalue weighted by atomic mass is 79.9. The molecule has 0 unspecified atom stereocenters. The summed E-state index contributed by atoms with van der Waals surface area (Å²) < 4.78 is 5.48. The van der Waals surface area contributed by atoms with Gasteiger partial charge in [0, 0.05) is 37.4 Å². The molecule has 2 aromatic heterocycles. The maximum absolute atomic E-state index is 9.54. The van der Waals surface area contributed by atoms with Crippen LogP contribution in [0.25, 0.3) is 55.0 Å². The lowest BCUT2D eigenvalue weighted by molar-refractivity contribution is 1.16. The first-order chi connectivity index (χ1) is 17.2. The van der Waals surface area contributed by atoms with Crippen molar-refractivity contribution in [3.05, 3.63) is 119 Å². The second-order valence-corrected chi connectivity index (χ2v) is 9.65. The van der Waals surface area contributed by atoms with Crippen molar-refractivity contribution in [2.24, 2.45) is 0 Å². The Labute approximate surface area is 210 Å². The molecule has 35 heavy (non-hydrogen) atoms. The monoisotopic (exact) mass is 511 g/mol. The number of aromatic nitrogens is 2. The molecule has 0 aliphatic carbocycles. The molecule has 5 aromatic carbocycles. The van der Waals surface area contributed by atoms with Gasteiger partial charge in [-0.25, -0.2) is 0 Å². The average molecular weight is 512 g/mol. The molecule has 0 aliphatic rings. The molecule has 0 aliphatic heterocycles. The topological polar surface area (TPSA) is 33.6 Å². The van der Waals surface area contributed by atoms with E-state index < -0.39 is 0 Å². The van der Waals surface area contributed by atoms with Crippen molar-refractivity contribution in [3.8, 4) is 17.4 Å². The molecule has 7 rings (SSSR count). The molecule has 0 saturated carbocycles. The molecule has 164 valence electrons. The van der Waals surface area contributed by atoms with Crippen LogP contribution in [0.1, 0.15) is 5.56 Å². The molecule has 0 spiro atoms. The summed E-state index contributed by atoms with van der Waals surface area (Å²) in [7, 11) is 0. The minimum Gasteiger partial charge on any atom is -0.309 e. The standard InChI is InChI=1S/C31H18BrN3/c32-21-15-20(19-33)16-23(17-21)35-30-12-6-3-9-26(30)27-18-22(13-14-31(27)35)34-28-10-4-1-7-24(28)25-8-2-5-11-29(25)34/h1-18H. The number of benzene rings is 5. The van der Waals surface area contributed by atoms with Crippen LogP contribution in [0.5, 0.6) is 0 Å². The number of para-hydroxylation sites is 3. The van der Waals surface area contributed by atoms with E-state index in [0.717, 1.165) is 26.9 Å². The fourth-order valence-electron chi connectivity index (χ4n) is 5.35. The number of halogens is 1. The van der Waals surface area contributed by atoms with Gasteiger partial charge < -0.3 is 9.13 Å². The van der Waals surface area contributed by atoms with Gasteiger partial charge in [0.05, 0.1) is 33.7 Å². The van der Waals surface area contributed by atoms with Crippen molar-refractivity contribution in [2.75, 3.05) is 0 Å². The van der Waals surface area contributed by atoms with Crippen molar-refractivity contribution >= 4 is 59.5 Å². The highest BCUT2D eigenvalue weighted by molar-refractivity contribution is 9.10. The first-order valence-electron chi connectivity index (χ1n) is 11.5. The summed E-state index contributed by atoms with van der Waals surface area (Å²) in [5.74, 6) is 0. The highest BCUT2D eigenvalue weighted by Gasteiger charge is 2.16. The summed E-state index contributed by atoms with van der Waals surface area (Å²) in [4.78, 5) is 0. The molecule has 0 radical (unpaired) electrons. The number of rotatable bonds is 2. The van der Waals surface area contributed by atoms with Crippen LogP contribution in [0.15, 0.2) is 114 Å². The Balaban J connectivity index is 1.57. The quantitative estimate of drug-likeness (QED) is 0.229. The largest absolute Gasteiger partial charge is 0.309 e. The van der Waals surface area contributed by atoms with Gasteiger partial charge in [0.25, 0.3) is 0 Å². The van der Waals surface area contributed by atoms with E-state index in [1.165, 1.54) is 32.6 Å². The summed E-state index contributed by atoms with van der Waals surface area (Å²) in [5, 5.41) is 14.4. The van der Waals surface area contributed by atoms with Crippen molar-refractivity contribution < 1.29 is 0 Å². The zero-order valence-electron chi connectivity index (χ0n) is 18.6. The Hall–Kier alpha value is -4.33. The maximum atomic E-state index is 9.54. The van der Waals surface area contributed by atoms with Gasteiger partial charge in [-0.05, 0) is 54.6 Å². The van der Waals surface area contributed by atoms with Crippen LogP contribution >= 0.6 is 15.9 Å². The molecular formula is C31H18BrN3. The molecule has 0 fully saturated rings. The third-order valence-corrected chi connectivity index (χ3v) is 7.22. The molecule has 0 saturated heterocycles. The van der Waals surface area contributed by atoms with Gasteiger partial charge >= 0.3 is 0 Å². The molecule has 3 nitrogen and oxygen atoms in total. The van der Waals surface area contributed by atoms with Gasteiger partial charge in [-0.2, -0.15) is 5.26 Å². The number of nitrogens with zero attached hydrogens (tertiary/aromatic N) is 3. The summed E-state index contributed by atoms with van der Waals surface area (Å²) in [6.45, 7) is 0. The number of nitriles is 1. The molecule has 0 amide bonds. The minimum absolute atomic E-state index is 0.627. The van der Waals surface area contributed by atoms with Crippen LogP contribution in [-0.2, 0) is 0 Å². The van der Waals surface area contributed by atoms with E-state index in [2.05, 4.69) is 128 Å². The molecule has 7 aromatic rings. The van der Waals surface area contributed by atoms with Gasteiger partial charge in [0.15, 0.2) is 0 Å². The van der Waals surface area contributed by atoms with Gasteiger partial charge in [0.1, 0.15) is 0 Å². The lowest BCUT2D eigenvalue weighted by atomic mass is 10.1. The van der Waals surface area contributed by atoms with Gasteiger partial charge in [-0.15, -0.1) is 0 Å². The second kappa shape index (κ2) is 7.59. The van der Waals surface area contributed by atoms with Crippen molar-refractivity contribution in [1.82, 2.24) is 9.13 Å². The summed E-state index contributed by atoms with van der Waals surface area (Å²) in [6.07, 6.45) is 0. The van der Waals surface area contributed by atoms with Crippen LogP contribution in [-0.4, -0.2) is 9.13 Å². The molecule has 0 N–H and O–H groups in total. The van der Waals surface area contributed by atoms with Crippen molar-refractivity contribution in [1.29, 1.82) is 5.26 Å². The molecule has 2 heterocycles. The Kier molecular flexibility index (Phi) is 4.36. The van der Waals surface area contributed by atoms with Gasteiger partial charge in [-0.1, -0.05) is 70.5 Å². The first-order valence-corrected chi connectivity index (χ1v) is 12.2. The summed E-state index contributed by atoms with van der Waals surface area (Å²) >= 11 is 3.58. The summed E-state index contributed by atoms with van der Waals surface area (Å²) in [5.41, 5.74) is 7.34. The Morgan fingerprint density at radius 2 is 1.03 bits per heavy atom. The lowest BCUT2D eigenvalue weighted by Gasteiger charge is -2.11. The second-order valence-electron chi connectivity index (χ2n) is 8.73. The molecule has 0 bridgehead atoms. The smallest absolute Gasteiger partial charge is 0.0992 e. The predicted molar refractivity (Wildman–Crippen MR) is 148 cm³/mol. The number of hydrogen-bond acceptors (Lipinski definition) is 1. The fourth-order valence-corrected chi connectivity index (χ4v) is 5.83. The molecular weight excluding hydrogens is 494 g/mol. The minimum atomic E-state index is 0.627. The van der Waals surface area contributed by atoms with E-state index in [1.54, 1.807) is 0 Å². The van der Waals surface area contributed by atoms with Crippen LogP contribution < -0.4 is 0 Å². The number of hydrogen-bond donors (Lipinski definition) is 0. The van der Waals surface area contributed by atoms with Gasteiger partial charge in [-0.3, -0.25) is 0 Å². The maximum Gasteiger partial charge on any atom is 0.0992 e. The van der Waals surface area contributed by atoms with E-state index >= 15 is 0 Å². The van der Waals surface area contributed by atoms with Crippen LogP contribution in [0.4, 0.5) is 0 Å². The van der Waals surface area contributed by atoms with E-state index in [-0.39, 0.29) is 0 Å². The average Bonchev–Trinajstić information content (AvgIpc) is 3.41. The van der Waals surface area contributed by atoms with Crippen molar-refractivity contribution in [2.45, 2.75) is 0 Å². The third kappa shape index (κ3) is 2.96. The van der Waals surface area contributed by atoms with E-state index in [4.69, 9.17) is 0 Å². The van der Waals surface area contributed by atoms with Gasteiger partial charge in [0.2, 0.25) is 0 Å². The Morgan fingerprint density at radius 3 is 1.63 bits per heavy atom. The van der Waals surface area contributed by atoms with E-state index in [1.807, 2.05) is 12.1 Å². The predicted octanol–water partition coefficient (Wildman–Crippen LogP) is 8.51. The van der Waals surface area contributed by atoms with Crippen LogP contribution in [0, 0.1) is 11.3 Å². The SMILES string of the molecule is N#Cc1cc(Br)cc(-n2c3ccccc3c3cc(-n4c5ccccc5c5ccccc54)ccc32)c1. The van der Waals surface area contributed by atoms with Crippen molar-refractivity contribution in [3.63, 3.8) is 0 Å². The first kappa shape index (κ1) is 20.1. The Bertz CT molecular complexity index is 1930. The summed E-state index contributed by atoms with van der Waals surface area (Å²) in [6, 6.07) is 40.4.